The number of piperazine rings is 1. The average Bonchev–Trinajstić information content (AvgIpc) is 3.46. The van der Waals surface area contributed by atoms with Gasteiger partial charge in [-0.1, -0.05) is 12.1 Å². The number of hydrogen-bond donors (Lipinski definition) is 2. The summed E-state index contributed by atoms with van der Waals surface area (Å²) >= 11 is 0. The number of phenolic OH excluding ortho intramolecular Hbond substituents is 1. The number of phenols is 1. The standard InChI is InChI=1S/C30H31F3N6O2/c1-38-13-17(31)10-20(38)7-8-41-30-36-28-23(29(37-30)39-14-18-5-6-19(15-39)35-18)12-34-27(26(28)33)22-11-21(40)9-16-3-2-4-24(32)25(16)22/h2-4,9,11-12,17-20,35,40H,5-8,10,13-15H2,1H3/t17-,18?,19?,20-/m1/s1. The predicted molar refractivity (Wildman–Crippen MR) is 150 cm³/mol. The van der Waals surface area contributed by atoms with Gasteiger partial charge in [-0.05, 0) is 56.3 Å². The van der Waals surface area contributed by atoms with Crippen molar-refractivity contribution in [2.45, 2.75) is 50.0 Å². The summed E-state index contributed by atoms with van der Waals surface area (Å²) in [5.41, 5.74) is 0.0157. The summed E-state index contributed by atoms with van der Waals surface area (Å²) in [5.74, 6) is -0.888. The van der Waals surface area contributed by atoms with Crippen LogP contribution >= 0.6 is 0 Å². The molecule has 214 valence electrons. The second-order valence-electron chi connectivity index (χ2n) is 11.5. The number of aromatic hydroxyl groups is 1. The number of pyridine rings is 1. The van der Waals surface area contributed by atoms with E-state index in [1.54, 1.807) is 6.07 Å². The number of rotatable bonds is 6. The summed E-state index contributed by atoms with van der Waals surface area (Å²) in [5, 5.41) is 15.0. The highest BCUT2D eigenvalue weighted by molar-refractivity contribution is 6.00. The van der Waals surface area contributed by atoms with E-state index in [2.05, 4.69) is 20.2 Å². The molecule has 0 saturated carbocycles. The lowest BCUT2D eigenvalue weighted by Gasteiger charge is -2.34. The molecule has 0 radical (unpaired) electrons. The third-order valence-corrected chi connectivity index (χ3v) is 8.65. The summed E-state index contributed by atoms with van der Waals surface area (Å²) in [6, 6.07) is 7.92. The first-order chi connectivity index (χ1) is 19.8. The Kier molecular flexibility index (Phi) is 6.58. The number of likely N-dealkylation sites (tertiary alicyclic amines) is 1. The van der Waals surface area contributed by atoms with Gasteiger partial charge in [-0.15, -0.1) is 0 Å². The van der Waals surface area contributed by atoms with E-state index in [0.29, 0.717) is 61.1 Å². The fourth-order valence-corrected chi connectivity index (χ4v) is 6.67. The topological polar surface area (TPSA) is 86.6 Å². The Balaban J connectivity index is 1.31. The minimum atomic E-state index is -0.852. The molecule has 4 aromatic rings. The van der Waals surface area contributed by atoms with Crippen LogP contribution in [-0.4, -0.2) is 82.5 Å². The molecule has 3 aliphatic rings. The Morgan fingerprint density at radius 3 is 2.66 bits per heavy atom. The molecule has 3 saturated heterocycles. The Morgan fingerprint density at radius 1 is 1.10 bits per heavy atom. The number of aromatic nitrogens is 3. The maximum atomic E-state index is 16.4. The normalized spacial score (nSPS) is 24.5. The Morgan fingerprint density at radius 2 is 1.90 bits per heavy atom. The minimum Gasteiger partial charge on any atom is -0.508 e. The van der Waals surface area contributed by atoms with Crippen LogP contribution in [0.5, 0.6) is 11.8 Å². The van der Waals surface area contributed by atoms with Gasteiger partial charge in [0.2, 0.25) is 0 Å². The molecule has 3 fully saturated rings. The van der Waals surface area contributed by atoms with E-state index in [1.165, 1.54) is 30.5 Å². The van der Waals surface area contributed by atoms with Gasteiger partial charge in [0.05, 0.1) is 12.0 Å². The van der Waals surface area contributed by atoms with E-state index in [-0.39, 0.29) is 46.6 Å². The first-order valence-electron chi connectivity index (χ1n) is 14.1. The lowest BCUT2D eigenvalue weighted by atomic mass is 9.99. The highest BCUT2D eigenvalue weighted by Gasteiger charge is 2.34. The van der Waals surface area contributed by atoms with Crippen molar-refractivity contribution in [3.63, 3.8) is 0 Å². The fraction of sp³-hybridized carbons (Fsp3) is 0.433. The third-order valence-electron chi connectivity index (χ3n) is 8.65. The summed E-state index contributed by atoms with van der Waals surface area (Å²) in [7, 11) is 1.89. The fourth-order valence-electron chi connectivity index (χ4n) is 6.67. The van der Waals surface area contributed by atoms with Crippen LogP contribution in [0.2, 0.25) is 0 Å². The zero-order valence-corrected chi connectivity index (χ0v) is 22.7. The van der Waals surface area contributed by atoms with Gasteiger partial charge in [-0.3, -0.25) is 4.98 Å². The van der Waals surface area contributed by atoms with E-state index >= 15 is 4.39 Å². The molecule has 5 heterocycles. The van der Waals surface area contributed by atoms with Crippen LogP contribution in [0, 0.1) is 11.6 Å². The highest BCUT2D eigenvalue weighted by atomic mass is 19.1. The number of alkyl halides is 1. The van der Waals surface area contributed by atoms with Crippen LogP contribution in [0.3, 0.4) is 0 Å². The van der Waals surface area contributed by atoms with Crippen LogP contribution in [0.15, 0.2) is 36.5 Å². The van der Waals surface area contributed by atoms with Crippen LogP contribution < -0.4 is 15.0 Å². The summed E-state index contributed by atoms with van der Waals surface area (Å²) in [6.45, 7) is 2.07. The SMILES string of the molecule is CN1C[C@H](F)C[C@H]1CCOc1nc(N2CC3CCC(C2)N3)c2cnc(-c3cc(O)cc4cccc(F)c34)c(F)c2n1. The molecule has 4 atom stereocenters. The smallest absolute Gasteiger partial charge is 0.319 e. The molecule has 2 bridgehead atoms. The van der Waals surface area contributed by atoms with Gasteiger partial charge < -0.3 is 25.0 Å². The molecule has 11 heteroatoms. The zero-order chi connectivity index (χ0) is 28.2. The number of ether oxygens (including phenoxy) is 1. The second kappa shape index (κ2) is 10.3. The number of nitrogens with zero attached hydrogens (tertiary/aromatic N) is 5. The van der Waals surface area contributed by atoms with Gasteiger partial charge in [0.15, 0.2) is 5.82 Å². The number of hydrogen-bond acceptors (Lipinski definition) is 8. The number of halogens is 3. The summed E-state index contributed by atoms with van der Waals surface area (Å²) in [4.78, 5) is 17.7. The minimum absolute atomic E-state index is 0.00974. The molecular formula is C30H31F3N6O2. The first kappa shape index (κ1) is 26.2. The maximum Gasteiger partial charge on any atom is 0.319 e. The van der Waals surface area contributed by atoms with Crippen molar-refractivity contribution in [1.82, 2.24) is 25.2 Å². The van der Waals surface area contributed by atoms with Gasteiger partial charge in [0, 0.05) is 54.9 Å². The molecule has 2 N–H and O–H groups in total. The van der Waals surface area contributed by atoms with Gasteiger partial charge in [-0.25, -0.2) is 13.2 Å². The van der Waals surface area contributed by atoms with Gasteiger partial charge in [-0.2, -0.15) is 9.97 Å². The van der Waals surface area contributed by atoms with E-state index in [9.17, 15) is 13.9 Å². The Hall–Kier alpha value is -3.70. The quantitative estimate of drug-likeness (QED) is 0.352. The summed E-state index contributed by atoms with van der Waals surface area (Å²) < 4.78 is 51.2. The van der Waals surface area contributed by atoms with Crippen molar-refractivity contribution >= 4 is 27.5 Å². The first-order valence-corrected chi connectivity index (χ1v) is 14.1. The highest BCUT2D eigenvalue weighted by Crippen LogP contribution is 2.38. The van der Waals surface area contributed by atoms with E-state index in [1.807, 2.05) is 11.9 Å². The molecule has 3 aliphatic heterocycles. The number of anilines is 1. The van der Waals surface area contributed by atoms with E-state index in [0.717, 1.165) is 12.8 Å². The molecule has 8 nitrogen and oxygen atoms in total. The monoisotopic (exact) mass is 564 g/mol. The van der Waals surface area contributed by atoms with Crippen molar-refractivity contribution in [1.29, 1.82) is 0 Å². The molecule has 0 amide bonds. The lowest BCUT2D eigenvalue weighted by Crippen LogP contribution is -2.51. The predicted octanol–water partition coefficient (Wildman–Crippen LogP) is 4.58. The summed E-state index contributed by atoms with van der Waals surface area (Å²) in [6.07, 6.45) is 3.82. The Labute approximate surface area is 235 Å². The van der Waals surface area contributed by atoms with E-state index in [4.69, 9.17) is 9.72 Å². The van der Waals surface area contributed by atoms with E-state index < -0.39 is 17.8 Å². The van der Waals surface area contributed by atoms with Crippen LogP contribution in [0.4, 0.5) is 19.0 Å². The van der Waals surface area contributed by atoms with Gasteiger partial charge in [0.1, 0.15) is 34.8 Å². The molecule has 2 aromatic heterocycles. The van der Waals surface area contributed by atoms with Crippen molar-refractivity contribution in [3.8, 4) is 23.0 Å². The lowest BCUT2D eigenvalue weighted by molar-refractivity contribution is 0.223. The van der Waals surface area contributed by atoms with Gasteiger partial charge in [0.25, 0.3) is 0 Å². The molecule has 2 aromatic carbocycles. The molecule has 0 aliphatic carbocycles. The second-order valence-corrected chi connectivity index (χ2v) is 11.5. The van der Waals surface area contributed by atoms with Crippen LogP contribution in [0.25, 0.3) is 32.9 Å². The molecule has 0 spiro atoms. The third kappa shape index (κ3) is 4.80. The van der Waals surface area contributed by atoms with Crippen molar-refractivity contribution < 1.29 is 23.0 Å². The van der Waals surface area contributed by atoms with Crippen molar-refractivity contribution in [2.24, 2.45) is 0 Å². The number of benzene rings is 2. The largest absolute Gasteiger partial charge is 0.508 e. The maximum absolute atomic E-state index is 16.4. The van der Waals surface area contributed by atoms with Crippen molar-refractivity contribution in [3.05, 3.63) is 48.2 Å². The van der Waals surface area contributed by atoms with Crippen molar-refractivity contribution in [2.75, 3.05) is 38.2 Å². The van der Waals surface area contributed by atoms with Crippen LogP contribution in [0.1, 0.15) is 25.7 Å². The molecular weight excluding hydrogens is 533 g/mol. The number of fused-ring (bicyclic) bond motifs is 4. The molecule has 41 heavy (non-hydrogen) atoms. The van der Waals surface area contributed by atoms with Gasteiger partial charge >= 0.3 is 6.01 Å². The molecule has 2 unspecified atom stereocenters. The zero-order valence-electron chi connectivity index (χ0n) is 22.7. The molecule has 7 rings (SSSR count). The van der Waals surface area contributed by atoms with Crippen LogP contribution in [-0.2, 0) is 0 Å². The Bertz CT molecular complexity index is 1630. The average molecular weight is 565 g/mol. The number of nitrogens with one attached hydrogen (secondary N) is 1.